The van der Waals surface area contributed by atoms with Gasteiger partial charge in [-0.05, 0) is 42.3 Å². The van der Waals surface area contributed by atoms with E-state index in [9.17, 15) is 9.18 Å². The molecule has 0 atom stereocenters. The summed E-state index contributed by atoms with van der Waals surface area (Å²) in [5.74, 6) is -0.383. The highest BCUT2D eigenvalue weighted by Crippen LogP contribution is 2.16. The first-order chi connectivity index (χ1) is 9.60. The largest absolute Gasteiger partial charge is 0.379 e. The molecule has 0 radical (unpaired) electrons. The van der Waals surface area contributed by atoms with Gasteiger partial charge in [0.2, 0.25) is 0 Å². The third kappa shape index (κ3) is 3.35. The minimum absolute atomic E-state index is 0.116. The fourth-order valence-corrected chi connectivity index (χ4v) is 1.89. The lowest BCUT2D eigenvalue weighted by Crippen LogP contribution is -2.17. The number of rotatable bonds is 4. The molecule has 0 saturated carbocycles. The smallest absolute Gasteiger partial charge is 0.251 e. The fraction of sp³-hybridized carbons (Fsp3) is 0.188. The van der Waals surface area contributed by atoms with Crippen LogP contribution < -0.4 is 10.6 Å². The van der Waals surface area contributed by atoms with Crippen molar-refractivity contribution in [1.82, 2.24) is 5.32 Å². The molecule has 0 aromatic heterocycles. The van der Waals surface area contributed by atoms with Crippen molar-refractivity contribution in [2.75, 3.05) is 12.4 Å². The normalized spacial score (nSPS) is 10.2. The standard InChI is InChI=1S/C16H17FN2O/c1-11-3-8-14(17)15(9-11)19-10-12-4-6-13(7-5-12)16(20)18-2/h3-9,19H,10H2,1-2H3,(H,18,20). The summed E-state index contributed by atoms with van der Waals surface area (Å²) in [5.41, 5.74) is 3.08. The van der Waals surface area contributed by atoms with E-state index in [-0.39, 0.29) is 11.7 Å². The Hall–Kier alpha value is -2.36. The number of amides is 1. The Morgan fingerprint density at radius 3 is 2.50 bits per heavy atom. The molecule has 2 N–H and O–H groups in total. The van der Waals surface area contributed by atoms with E-state index in [1.165, 1.54) is 6.07 Å². The van der Waals surface area contributed by atoms with Crippen LogP contribution in [0.3, 0.4) is 0 Å². The Balaban J connectivity index is 2.04. The van der Waals surface area contributed by atoms with E-state index >= 15 is 0 Å². The molecule has 1 amide bonds. The highest BCUT2D eigenvalue weighted by atomic mass is 19.1. The topological polar surface area (TPSA) is 41.1 Å². The van der Waals surface area contributed by atoms with Gasteiger partial charge in [0.1, 0.15) is 5.82 Å². The summed E-state index contributed by atoms with van der Waals surface area (Å²) in [6.45, 7) is 2.43. The van der Waals surface area contributed by atoms with Crippen molar-refractivity contribution in [3.8, 4) is 0 Å². The molecule has 0 unspecified atom stereocenters. The summed E-state index contributed by atoms with van der Waals surface area (Å²) in [7, 11) is 1.60. The van der Waals surface area contributed by atoms with E-state index in [1.54, 1.807) is 31.3 Å². The maximum absolute atomic E-state index is 13.6. The van der Waals surface area contributed by atoms with Crippen LogP contribution in [0.2, 0.25) is 0 Å². The SMILES string of the molecule is CNC(=O)c1ccc(CNc2cc(C)ccc2F)cc1. The quantitative estimate of drug-likeness (QED) is 0.898. The molecule has 0 heterocycles. The third-order valence-corrected chi connectivity index (χ3v) is 3.05. The number of halogens is 1. The van der Waals surface area contributed by atoms with Crippen molar-refractivity contribution in [3.63, 3.8) is 0 Å². The Kier molecular flexibility index (Phi) is 4.35. The van der Waals surface area contributed by atoms with E-state index in [2.05, 4.69) is 10.6 Å². The van der Waals surface area contributed by atoms with Gasteiger partial charge >= 0.3 is 0 Å². The number of carbonyl (C=O) groups is 1. The molecule has 0 aliphatic rings. The van der Waals surface area contributed by atoms with Crippen molar-refractivity contribution >= 4 is 11.6 Å². The minimum Gasteiger partial charge on any atom is -0.379 e. The molecule has 3 nitrogen and oxygen atoms in total. The average molecular weight is 272 g/mol. The first-order valence-corrected chi connectivity index (χ1v) is 6.41. The van der Waals surface area contributed by atoms with Crippen LogP contribution in [0, 0.1) is 12.7 Å². The molecule has 0 aliphatic carbocycles. The van der Waals surface area contributed by atoms with Crippen LogP contribution in [0.5, 0.6) is 0 Å². The summed E-state index contributed by atoms with van der Waals surface area (Å²) in [4.78, 5) is 11.4. The highest BCUT2D eigenvalue weighted by Gasteiger charge is 2.04. The van der Waals surface area contributed by atoms with Crippen molar-refractivity contribution in [2.24, 2.45) is 0 Å². The van der Waals surface area contributed by atoms with Gasteiger partial charge < -0.3 is 10.6 Å². The molecule has 2 aromatic rings. The van der Waals surface area contributed by atoms with Crippen LogP contribution >= 0.6 is 0 Å². The molecular weight excluding hydrogens is 255 g/mol. The lowest BCUT2D eigenvalue weighted by molar-refractivity contribution is 0.0963. The van der Waals surface area contributed by atoms with Crippen LogP contribution in [0.4, 0.5) is 10.1 Å². The first-order valence-electron chi connectivity index (χ1n) is 6.41. The number of aryl methyl sites for hydroxylation is 1. The van der Waals surface area contributed by atoms with Crippen molar-refractivity contribution < 1.29 is 9.18 Å². The molecule has 0 saturated heterocycles. The molecular formula is C16H17FN2O. The van der Waals surface area contributed by atoms with Gasteiger partial charge in [0.05, 0.1) is 5.69 Å². The molecule has 0 spiro atoms. The summed E-state index contributed by atoms with van der Waals surface area (Å²) >= 11 is 0. The number of carbonyl (C=O) groups excluding carboxylic acids is 1. The lowest BCUT2D eigenvalue weighted by atomic mass is 10.1. The van der Waals surface area contributed by atoms with Crippen molar-refractivity contribution in [3.05, 3.63) is 65.0 Å². The predicted octanol–water partition coefficient (Wildman–Crippen LogP) is 3.11. The van der Waals surface area contributed by atoms with Gasteiger partial charge in [0.15, 0.2) is 0 Å². The van der Waals surface area contributed by atoms with Gasteiger partial charge in [-0.2, -0.15) is 0 Å². The third-order valence-electron chi connectivity index (χ3n) is 3.05. The number of hydrogen-bond acceptors (Lipinski definition) is 2. The second-order valence-electron chi connectivity index (χ2n) is 4.61. The molecule has 2 aromatic carbocycles. The van der Waals surface area contributed by atoms with Gasteiger partial charge in [-0.1, -0.05) is 18.2 Å². The second-order valence-corrected chi connectivity index (χ2v) is 4.61. The zero-order valence-corrected chi connectivity index (χ0v) is 11.5. The molecule has 104 valence electrons. The first kappa shape index (κ1) is 14.1. The average Bonchev–Trinajstić information content (AvgIpc) is 2.48. The summed E-state index contributed by atoms with van der Waals surface area (Å²) in [5, 5.41) is 5.63. The van der Waals surface area contributed by atoms with Crippen LogP contribution in [-0.4, -0.2) is 13.0 Å². The number of benzene rings is 2. The van der Waals surface area contributed by atoms with Crippen LogP contribution in [0.15, 0.2) is 42.5 Å². The van der Waals surface area contributed by atoms with Gasteiger partial charge in [0, 0.05) is 19.2 Å². The Morgan fingerprint density at radius 1 is 1.15 bits per heavy atom. The van der Waals surface area contributed by atoms with E-state index in [4.69, 9.17) is 0 Å². The molecule has 0 aliphatic heterocycles. The van der Waals surface area contributed by atoms with Crippen LogP contribution in [0.25, 0.3) is 0 Å². The summed E-state index contributed by atoms with van der Waals surface area (Å²) in [6, 6.07) is 12.2. The number of anilines is 1. The van der Waals surface area contributed by atoms with Gasteiger partial charge in [0.25, 0.3) is 5.91 Å². The van der Waals surface area contributed by atoms with E-state index < -0.39 is 0 Å². The Morgan fingerprint density at radius 2 is 1.85 bits per heavy atom. The number of hydrogen-bond donors (Lipinski definition) is 2. The molecule has 0 fully saturated rings. The highest BCUT2D eigenvalue weighted by molar-refractivity contribution is 5.93. The molecule has 0 bridgehead atoms. The van der Waals surface area contributed by atoms with Crippen LogP contribution in [-0.2, 0) is 6.54 Å². The minimum atomic E-state index is -0.266. The summed E-state index contributed by atoms with van der Waals surface area (Å²) < 4.78 is 13.6. The van der Waals surface area contributed by atoms with Gasteiger partial charge in [-0.3, -0.25) is 4.79 Å². The molecule has 4 heteroatoms. The zero-order chi connectivity index (χ0) is 14.5. The lowest BCUT2D eigenvalue weighted by Gasteiger charge is -2.09. The maximum Gasteiger partial charge on any atom is 0.251 e. The van der Waals surface area contributed by atoms with Crippen LogP contribution in [0.1, 0.15) is 21.5 Å². The van der Waals surface area contributed by atoms with E-state index in [1.807, 2.05) is 19.1 Å². The fourth-order valence-electron chi connectivity index (χ4n) is 1.89. The molecule has 20 heavy (non-hydrogen) atoms. The van der Waals surface area contributed by atoms with Crippen molar-refractivity contribution in [2.45, 2.75) is 13.5 Å². The van der Waals surface area contributed by atoms with E-state index in [0.717, 1.165) is 11.1 Å². The van der Waals surface area contributed by atoms with E-state index in [0.29, 0.717) is 17.8 Å². The maximum atomic E-state index is 13.6. The Labute approximate surface area is 117 Å². The van der Waals surface area contributed by atoms with Gasteiger partial charge in [-0.15, -0.1) is 0 Å². The monoisotopic (exact) mass is 272 g/mol. The predicted molar refractivity (Wildman–Crippen MR) is 78.3 cm³/mol. The number of nitrogens with one attached hydrogen (secondary N) is 2. The van der Waals surface area contributed by atoms with Crippen molar-refractivity contribution in [1.29, 1.82) is 0 Å². The zero-order valence-electron chi connectivity index (χ0n) is 11.5. The second kappa shape index (κ2) is 6.19. The van der Waals surface area contributed by atoms with Gasteiger partial charge in [-0.25, -0.2) is 4.39 Å². The molecule has 2 rings (SSSR count). The summed E-state index contributed by atoms with van der Waals surface area (Å²) in [6.07, 6.45) is 0. The Bertz CT molecular complexity index is 608.